The Balaban J connectivity index is 1.66. The molecule has 1 unspecified atom stereocenters. The third-order valence-corrected chi connectivity index (χ3v) is 4.74. The molecule has 2 aliphatic rings. The number of urea groups is 1. The maximum atomic E-state index is 12.6. The van der Waals surface area contributed by atoms with Crippen LogP contribution in [-0.2, 0) is 9.59 Å². The largest absolute Gasteiger partial charge is 0.339 e. The van der Waals surface area contributed by atoms with E-state index < -0.39 is 11.6 Å². The summed E-state index contributed by atoms with van der Waals surface area (Å²) >= 11 is 0. The minimum Gasteiger partial charge on any atom is -0.339 e. The number of aromatic nitrogens is 2. The van der Waals surface area contributed by atoms with E-state index >= 15 is 0 Å². The minimum atomic E-state index is -0.949. The van der Waals surface area contributed by atoms with Crippen LogP contribution < -0.4 is 5.32 Å². The van der Waals surface area contributed by atoms with Gasteiger partial charge in [-0.1, -0.05) is 0 Å². The number of rotatable bonds is 3. The molecule has 0 spiro atoms. The second kappa shape index (κ2) is 5.92. The summed E-state index contributed by atoms with van der Waals surface area (Å²) in [4.78, 5) is 43.7. The van der Waals surface area contributed by atoms with Crippen LogP contribution in [0.2, 0.25) is 0 Å². The molecule has 2 saturated heterocycles. The average Bonchev–Trinajstić information content (AvgIpc) is 3.04. The fraction of sp³-hybridized carbons (Fsp3) is 0.625. The maximum Gasteiger partial charge on any atom is 0.325 e. The monoisotopic (exact) mass is 333 g/mol. The van der Waals surface area contributed by atoms with Gasteiger partial charge >= 0.3 is 6.03 Å². The Morgan fingerprint density at radius 1 is 1.42 bits per heavy atom. The number of carbonyl (C=O) groups is 3. The van der Waals surface area contributed by atoms with E-state index in [0.717, 1.165) is 23.6 Å². The molecule has 0 saturated carbocycles. The number of aryl methyl sites for hydroxylation is 1. The Hall–Kier alpha value is -2.38. The van der Waals surface area contributed by atoms with Gasteiger partial charge in [-0.2, -0.15) is 0 Å². The van der Waals surface area contributed by atoms with Gasteiger partial charge in [0.2, 0.25) is 5.91 Å². The topological polar surface area (TPSA) is 87.5 Å². The summed E-state index contributed by atoms with van der Waals surface area (Å²) in [7, 11) is 0. The minimum absolute atomic E-state index is 0.185. The molecular weight excluding hydrogens is 310 g/mol. The van der Waals surface area contributed by atoms with Crippen molar-refractivity contribution in [2.45, 2.75) is 45.2 Å². The van der Waals surface area contributed by atoms with Crippen molar-refractivity contribution in [3.8, 4) is 0 Å². The zero-order chi connectivity index (χ0) is 17.5. The first kappa shape index (κ1) is 16.5. The molecular formula is C16H23N5O3. The number of nitrogens with zero attached hydrogens (tertiary/aromatic N) is 4. The van der Waals surface area contributed by atoms with Gasteiger partial charge in [-0.05, 0) is 33.6 Å². The molecule has 0 aromatic carbocycles. The van der Waals surface area contributed by atoms with Crippen LogP contribution in [0.15, 0.2) is 12.4 Å². The van der Waals surface area contributed by atoms with Gasteiger partial charge in [0.15, 0.2) is 0 Å². The molecule has 1 atom stereocenters. The van der Waals surface area contributed by atoms with Crippen LogP contribution in [0.25, 0.3) is 0 Å². The highest BCUT2D eigenvalue weighted by Gasteiger charge is 2.45. The molecule has 24 heavy (non-hydrogen) atoms. The summed E-state index contributed by atoms with van der Waals surface area (Å²) in [5.74, 6) is 0.365. The predicted molar refractivity (Wildman–Crippen MR) is 86.1 cm³/mol. The van der Waals surface area contributed by atoms with Gasteiger partial charge in [0, 0.05) is 25.5 Å². The Morgan fingerprint density at radius 3 is 2.75 bits per heavy atom. The number of likely N-dealkylation sites (tertiary alicyclic amines) is 1. The standard InChI is InChI=1S/C16H23N5O3/c1-11-17-6-8-20(11)12-5-4-7-19(9-12)13(22)10-21-14(23)16(2,3)18-15(21)24/h6,8,12H,4-5,7,9-10H2,1-3H3,(H,18,24). The normalized spacial score (nSPS) is 23.5. The highest BCUT2D eigenvalue weighted by Crippen LogP contribution is 2.23. The van der Waals surface area contributed by atoms with Gasteiger partial charge in [-0.25, -0.2) is 9.78 Å². The molecule has 2 aliphatic heterocycles. The smallest absolute Gasteiger partial charge is 0.325 e. The maximum absolute atomic E-state index is 12.6. The van der Waals surface area contributed by atoms with Gasteiger partial charge < -0.3 is 14.8 Å². The van der Waals surface area contributed by atoms with Gasteiger partial charge in [-0.15, -0.1) is 0 Å². The predicted octanol–water partition coefficient (Wildman–Crippen LogP) is 0.685. The lowest BCUT2D eigenvalue weighted by molar-refractivity contribution is -0.139. The molecule has 130 valence electrons. The highest BCUT2D eigenvalue weighted by atomic mass is 16.2. The lowest BCUT2D eigenvalue weighted by Gasteiger charge is -2.34. The molecule has 1 aromatic rings. The lowest BCUT2D eigenvalue weighted by atomic mass is 10.0. The Morgan fingerprint density at radius 2 is 2.17 bits per heavy atom. The Labute approximate surface area is 140 Å². The summed E-state index contributed by atoms with van der Waals surface area (Å²) in [5.41, 5.74) is -0.949. The second-order valence-electron chi connectivity index (χ2n) is 6.96. The first-order valence-electron chi connectivity index (χ1n) is 8.21. The zero-order valence-electron chi connectivity index (χ0n) is 14.3. The van der Waals surface area contributed by atoms with Gasteiger partial charge in [-0.3, -0.25) is 14.5 Å². The fourth-order valence-electron chi connectivity index (χ4n) is 3.38. The van der Waals surface area contributed by atoms with Crippen LogP contribution in [0.3, 0.4) is 0 Å². The van der Waals surface area contributed by atoms with E-state index in [-0.39, 0.29) is 24.4 Å². The summed E-state index contributed by atoms with van der Waals surface area (Å²) in [6.07, 6.45) is 5.55. The molecule has 1 N–H and O–H groups in total. The molecule has 3 rings (SSSR count). The van der Waals surface area contributed by atoms with E-state index in [4.69, 9.17) is 0 Å². The molecule has 0 bridgehead atoms. The van der Waals surface area contributed by atoms with Crippen molar-refractivity contribution in [2.75, 3.05) is 19.6 Å². The first-order chi connectivity index (χ1) is 11.3. The quantitative estimate of drug-likeness (QED) is 0.824. The van der Waals surface area contributed by atoms with Crippen molar-refractivity contribution < 1.29 is 14.4 Å². The van der Waals surface area contributed by atoms with Crippen molar-refractivity contribution in [2.24, 2.45) is 0 Å². The van der Waals surface area contributed by atoms with E-state index in [0.29, 0.717) is 13.1 Å². The van der Waals surface area contributed by atoms with E-state index in [2.05, 4.69) is 14.9 Å². The third kappa shape index (κ3) is 2.88. The molecule has 8 nitrogen and oxygen atoms in total. The molecule has 8 heteroatoms. The SMILES string of the molecule is Cc1nccn1C1CCCN(C(=O)CN2C(=O)NC(C)(C)C2=O)C1. The fourth-order valence-corrected chi connectivity index (χ4v) is 3.38. The van der Waals surface area contributed by atoms with Crippen molar-refractivity contribution in [3.05, 3.63) is 18.2 Å². The van der Waals surface area contributed by atoms with Gasteiger partial charge in [0.1, 0.15) is 17.9 Å². The molecule has 0 radical (unpaired) electrons. The number of imide groups is 1. The number of imidazole rings is 1. The third-order valence-electron chi connectivity index (χ3n) is 4.74. The number of nitrogens with one attached hydrogen (secondary N) is 1. The van der Waals surface area contributed by atoms with Crippen molar-refractivity contribution in [3.63, 3.8) is 0 Å². The van der Waals surface area contributed by atoms with Crippen LogP contribution in [0.1, 0.15) is 38.6 Å². The van der Waals surface area contributed by atoms with Crippen LogP contribution in [0, 0.1) is 6.92 Å². The van der Waals surface area contributed by atoms with Gasteiger partial charge in [0.05, 0.1) is 6.04 Å². The molecule has 2 fully saturated rings. The van der Waals surface area contributed by atoms with Crippen molar-refractivity contribution in [1.82, 2.24) is 24.7 Å². The van der Waals surface area contributed by atoms with E-state index in [9.17, 15) is 14.4 Å². The number of piperidine rings is 1. The zero-order valence-corrected chi connectivity index (χ0v) is 14.3. The molecule has 4 amide bonds. The van der Waals surface area contributed by atoms with E-state index in [1.165, 1.54) is 0 Å². The number of hydrogen-bond donors (Lipinski definition) is 1. The summed E-state index contributed by atoms with van der Waals surface area (Å²) in [6.45, 7) is 6.23. The number of amides is 4. The highest BCUT2D eigenvalue weighted by molar-refractivity contribution is 6.08. The van der Waals surface area contributed by atoms with Crippen LogP contribution in [-0.4, -0.2) is 62.4 Å². The van der Waals surface area contributed by atoms with Crippen molar-refractivity contribution >= 4 is 17.8 Å². The van der Waals surface area contributed by atoms with E-state index in [1.54, 1.807) is 24.9 Å². The van der Waals surface area contributed by atoms with Gasteiger partial charge in [0.25, 0.3) is 5.91 Å². The average molecular weight is 333 g/mol. The first-order valence-corrected chi connectivity index (χ1v) is 8.21. The lowest BCUT2D eigenvalue weighted by Crippen LogP contribution is -2.47. The molecule has 0 aliphatic carbocycles. The number of hydrogen-bond acceptors (Lipinski definition) is 4. The van der Waals surface area contributed by atoms with Crippen LogP contribution >= 0.6 is 0 Å². The number of carbonyl (C=O) groups excluding carboxylic acids is 3. The molecule has 3 heterocycles. The van der Waals surface area contributed by atoms with Crippen LogP contribution in [0.4, 0.5) is 4.79 Å². The summed E-state index contributed by atoms with van der Waals surface area (Å²) in [5, 5.41) is 2.59. The van der Waals surface area contributed by atoms with Crippen molar-refractivity contribution in [1.29, 1.82) is 0 Å². The summed E-state index contributed by atoms with van der Waals surface area (Å²) < 4.78 is 2.08. The second-order valence-corrected chi connectivity index (χ2v) is 6.96. The Bertz CT molecular complexity index is 681. The summed E-state index contributed by atoms with van der Waals surface area (Å²) in [6, 6.07) is -0.317. The Kier molecular flexibility index (Phi) is 4.06. The van der Waals surface area contributed by atoms with Crippen LogP contribution in [0.5, 0.6) is 0 Å². The molecule has 1 aromatic heterocycles. The van der Waals surface area contributed by atoms with E-state index in [1.807, 2.05) is 13.1 Å².